The van der Waals surface area contributed by atoms with E-state index in [0.29, 0.717) is 28.5 Å². The van der Waals surface area contributed by atoms with Gasteiger partial charge in [0.05, 0.1) is 10.8 Å². The molecule has 3 heteroatoms. The molecule has 17 heavy (non-hydrogen) atoms. The summed E-state index contributed by atoms with van der Waals surface area (Å²) < 4.78 is 5.71. The first-order chi connectivity index (χ1) is 8.31. The molecule has 0 fully saturated rings. The monoisotopic (exact) mass is 225 g/mol. The van der Waals surface area contributed by atoms with Crippen LogP contribution in [-0.2, 0) is 6.54 Å². The Bertz CT molecular complexity index is 759. The number of para-hydroxylation sites is 1. The van der Waals surface area contributed by atoms with Gasteiger partial charge in [0.25, 0.3) is 0 Å². The highest BCUT2D eigenvalue weighted by atomic mass is 16.3. The van der Waals surface area contributed by atoms with Crippen molar-refractivity contribution in [2.45, 2.75) is 6.54 Å². The minimum Gasteiger partial charge on any atom is -0.456 e. The van der Waals surface area contributed by atoms with Crippen molar-refractivity contribution in [3.63, 3.8) is 0 Å². The number of nitrogens with two attached hydrogens (primary N) is 1. The summed E-state index contributed by atoms with van der Waals surface area (Å²) in [6.45, 7) is 0.334. The van der Waals surface area contributed by atoms with Crippen LogP contribution in [0.25, 0.3) is 21.9 Å². The summed E-state index contributed by atoms with van der Waals surface area (Å²) in [5.41, 5.74) is 7.66. The summed E-state index contributed by atoms with van der Waals surface area (Å²) >= 11 is 0. The van der Waals surface area contributed by atoms with Crippen LogP contribution in [0.1, 0.15) is 5.56 Å². The number of rotatable bonds is 1. The van der Waals surface area contributed by atoms with Gasteiger partial charge in [-0.25, -0.2) is 0 Å². The molecule has 1 heterocycles. The van der Waals surface area contributed by atoms with Crippen LogP contribution < -0.4 is 11.2 Å². The van der Waals surface area contributed by atoms with Gasteiger partial charge in [-0.2, -0.15) is 0 Å². The topological polar surface area (TPSA) is 56.2 Å². The van der Waals surface area contributed by atoms with Crippen molar-refractivity contribution in [1.82, 2.24) is 0 Å². The molecule has 3 rings (SSSR count). The summed E-state index contributed by atoms with van der Waals surface area (Å²) in [5, 5.41) is 1.19. The third kappa shape index (κ3) is 1.44. The van der Waals surface area contributed by atoms with Gasteiger partial charge in [0.15, 0.2) is 0 Å². The van der Waals surface area contributed by atoms with Crippen LogP contribution in [0.15, 0.2) is 51.7 Å². The highest BCUT2D eigenvalue weighted by Gasteiger charge is 2.09. The van der Waals surface area contributed by atoms with Gasteiger partial charge in [-0.05, 0) is 23.8 Å². The maximum Gasteiger partial charge on any atom is 0.200 e. The minimum atomic E-state index is -0.0112. The Kier molecular flexibility index (Phi) is 2.20. The number of benzene rings is 2. The summed E-state index contributed by atoms with van der Waals surface area (Å²) in [6, 6.07) is 12.7. The van der Waals surface area contributed by atoms with E-state index < -0.39 is 0 Å². The van der Waals surface area contributed by atoms with E-state index in [9.17, 15) is 4.79 Å². The van der Waals surface area contributed by atoms with Crippen LogP contribution in [0.2, 0.25) is 0 Å². The third-order valence-corrected chi connectivity index (χ3v) is 2.91. The average molecular weight is 225 g/mol. The Balaban J connectivity index is 2.60. The van der Waals surface area contributed by atoms with Gasteiger partial charge in [-0.15, -0.1) is 0 Å². The normalized spacial score (nSPS) is 11.1. The van der Waals surface area contributed by atoms with E-state index in [1.165, 1.54) is 0 Å². The van der Waals surface area contributed by atoms with Crippen molar-refractivity contribution >= 4 is 21.9 Å². The zero-order chi connectivity index (χ0) is 11.8. The Morgan fingerprint density at radius 3 is 2.59 bits per heavy atom. The van der Waals surface area contributed by atoms with Crippen LogP contribution in [0.4, 0.5) is 0 Å². The average Bonchev–Trinajstić information content (AvgIpc) is 2.38. The molecular formula is C14H11NO2. The van der Waals surface area contributed by atoms with Gasteiger partial charge in [-0.1, -0.05) is 24.3 Å². The lowest BCUT2D eigenvalue weighted by atomic mass is 10.1. The first-order valence-electron chi connectivity index (χ1n) is 5.45. The lowest BCUT2D eigenvalue weighted by Crippen LogP contribution is -2.07. The van der Waals surface area contributed by atoms with Crippen molar-refractivity contribution in [3.8, 4) is 0 Å². The molecule has 0 saturated carbocycles. The first-order valence-corrected chi connectivity index (χ1v) is 5.45. The molecule has 3 aromatic rings. The summed E-state index contributed by atoms with van der Waals surface area (Å²) in [6.07, 6.45) is 0. The van der Waals surface area contributed by atoms with Crippen molar-refractivity contribution in [2.24, 2.45) is 5.73 Å². The zero-order valence-corrected chi connectivity index (χ0v) is 9.14. The molecule has 2 aromatic carbocycles. The molecule has 0 atom stereocenters. The molecule has 0 aliphatic rings. The van der Waals surface area contributed by atoms with Crippen molar-refractivity contribution < 1.29 is 4.42 Å². The van der Waals surface area contributed by atoms with E-state index in [1.54, 1.807) is 18.2 Å². The SMILES string of the molecule is NCc1cccc2oc3ccccc3c(=O)c12. The maximum absolute atomic E-state index is 12.4. The second-order valence-electron chi connectivity index (χ2n) is 3.92. The van der Waals surface area contributed by atoms with Crippen molar-refractivity contribution in [2.75, 3.05) is 0 Å². The molecule has 3 nitrogen and oxygen atoms in total. The van der Waals surface area contributed by atoms with Gasteiger partial charge in [0.1, 0.15) is 11.2 Å². The lowest BCUT2D eigenvalue weighted by Gasteiger charge is -2.04. The van der Waals surface area contributed by atoms with E-state index in [0.717, 1.165) is 5.56 Å². The van der Waals surface area contributed by atoms with Crippen LogP contribution in [0.3, 0.4) is 0 Å². The van der Waals surface area contributed by atoms with E-state index in [-0.39, 0.29) is 5.43 Å². The predicted molar refractivity (Wildman–Crippen MR) is 67.9 cm³/mol. The molecule has 0 aliphatic carbocycles. The Morgan fingerprint density at radius 1 is 1.00 bits per heavy atom. The van der Waals surface area contributed by atoms with Gasteiger partial charge >= 0.3 is 0 Å². The number of hydrogen-bond donors (Lipinski definition) is 1. The standard InChI is InChI=1S/C14H11NO2/c15-8-9-4-3-7-12-13(9)14(16)10-5-1-2-6-11(10)17-12/h1-7H,8,15H2. The minimum absolute atomic E-state index is 0.0112. The number of fused-ring (bicyclic) bond motifs is 2. The Labute approximate surface area is 97.5 Å². The summed E-state index contributed by atoms with van der Waals surface area (Å²) in [5.74, 6) is 0. The highest BCUT2D eigenvalue weighted by molar-refractivity contribution is 5.91. The third-order valence-electron chi connectivity index (χ3n) is 2.91. The predicted octanol–water partition coefficient (Wildman–Crippen LogP) is 2.40. The van der Waals surface area contributed by atoms with Crippen LogP contribution in [-0.4, -0.2) is 0 Å². The van der Waals surface area contributed by atoms with E-state index in [4.69, 9.17) is 10.2 Å². The first kappa shape index (κ1) is 10.1. The molecule has 84 valence electrons. The van der Waals surface area contributed by atoms with E-state index >= 15 is 0 Å². The molecule has 0 aliphatic heterocycles. The second-order valence-corrected chi connectivity index (χ2v) is 3.92. The molecule has 0 unspecified atom stereocenters. The van der Waals surface area contributed by atoms with E-state index in [2.05, 4.69) is 0 Å². The molecule has 0 saturated heterocycles. The molecule has 1 aromatic heterocycles. The largest absolute Gasteiger partial charge is 0.456 e. The van der Waals surface area contributed by atoms with Crippen LogP contribution >= 0.6 is 0 Å². The van der Waals surface area contributed by atoms with Gasteiger partial charge in [0, 0.05) is 6.54 Å². The highest BCUT2D eigenvalue weighted by Crippen LogP contribution is 2.20. The molecular weight excluding hydrogens is 214 g/mol. The Hall–Kier alpha value is -2.13. The molecule has 0 radical (unpaired) electrons. The fourth-order valence-electron chi connectivity index (χ4n) is 2.09. The van der Waals surface area contributed by atoms with E-state index in [1.807, 2.05) is 24.3 Å². The lowest BCUT2D eigenvalue weighted by molar-refractivity contribution is 0.659. The van der Waals surface area contributed by atoms with Crippen LogP contribution in [0.5, 0.6) is 0 Å². The molecule has 0 bridgehead atoms. The molecule has 0 amide bonds. The van der Waals surface area contributed by atoms with Crippen molar-refractivity contribution in [1.29, 1.82) is 0 Å². The summed E-state index contributed by atoms with van der Waals surface area (Å²) in [7, 11) is 0. The van der Waals surface area contributed by atoms with Crippen molar-refractivity contribution in [3.05, 3.63) is 58.3 Å². The zero-order valence-electron chi connectivity index (χ0n) is 9.14. The quantitative estimate of drug-likeness (QED) is 0.647. The molecule has 0 spiro atoms. The van der Waals surface area contributed by atoms with Gasteiger partial charge in [0.2, 0.25) is 5.43 Å². The summed E-state index contributed by atoms with van der Waals surface area (Å²) in [4.78, 5) is 12.4. The van der Waals surface area contributed by atoms with Gasteiger partial charge < -0.3 is 10.2 Å². The van der Waals surface area contributed by atoms with Crippen LogP contribution in [0, 0.1) is 0 Å². The maximum atomic E-state index is 12.4. The smallest absolute Gasteiger partial charge is 0.200 e. The van der Waals surface area contributed by atoms with Gasteiger partial charge in [-0.3, -0.25) is 4.79 Å². The molecule has 2 N–H and O–H groups in total. The number of hydrogen-bond acceptors (Lipinski definition) is 3. The second kappa shape index (κ2) is 3.71. The Morgan fingerprint density at radius 2 is 1.76 bits per heavy atom. The fraction of sp³-hybridized carbons (Fsp3) is 0.0714. The fourth-order valence-corrected chi connectivity index (χ4v) is 2.09.